The second kappa shape index (κ2) is 6.79. The van der Waals surface area contributed by atoms with Crippen LogP contribution in [0.1, 0.15) is 0 Å². The third-order valence-corrected chi connectivity index (χ3v) is 3.63. The summed E-state index contributed by atoms with van der Waals surface area (Å²) in [7, 11) is 0. The summed E-state index contributed by atoms with van der Waals surface area (Å²) in [6.45, 7) is -1.18. The van der Waals surface area contributed by atoms with Gasteiger partial charge < -0.3 is 50.0 Å². The zero-order chi connectivity index (χ0) is 15.7. The summed E-state index contributed by atoms with van der Waals surface area (Å²) in [5.74, 6) is 0. The van der Waals surface area contributed by atoms with Gasteiger partial charge in [0.15, 0.2) is 12.6 Å². The molecule has 0 bridgehead atoms. The first-order chi connectivity index (χ1) is 9.90. The molecule has 2 rings (SSSR count). The van der Waals surface area contributed by atoms with Crippen molar-refractivity contribution in [3.8, 4) is 0 Å². The van der Waals surface area contributed by atoms with Gasteiger partial charge in [0.05, 0.1) is 13.2 Å². The predicted octanol–water partition coefficient (Wildman–Crippen LogP) is -4.76. The van der Waals surface area contributed by atoms with Crippen LogP contribution >= 0.6 is 0 Å². The molecule has 0 radical (unpaired) electrons. The van der Waals surface area contributed by atoms with Crippen molar-refractivity contribution in [1.29, 1.82) is 0 Å². The SMILES string of the molecule is OC[C@H]1O[C@@H](O[C@H]2[C@H](O)C(O)O[C@@H]2CO)[C@H](O)[C@@H](O)[C@H]1O. The minimum Gasteiger partial charge on any atom is -0.394 e. The molecule has 21 heavy (non-hydrogen) atoms. The average Bonchev–Trinajstić information content (AvgIpc) is 2.75. The van der Waals surface area contributed by atoms with Crippen LogP contribution in [0, 0.1) is 0 Å². The molecule has 9 atom stereocenters. The molecule has 0 aromatic carbocycles. The van der Waals surface area contributed by atoms with Crippen molar-refractivity contribution in [1.82, 2.24) is 0 Å². The zero-order valence-electron chi connectivity index (χ0n) is 11.0. The largest absolute Gasteiger partial charge is 0.394 e. The fourth-order valence-corrected chi connectivity index (χ4v) is 2.37. The molecule has 0 aliphatic carbocycles. The van der Waals surface area contributed by atoms with Crippen LogP contribution in [-0.2, 0) is 14.2 Å². The summed E-state index contributed by atoms with van der Waals surface area (Å²) in [5.41, 5.74) is 0. The van der Waals surface area contributed by atoms with Crippen LogP contribution in [0.15, 0.2) is 0 Å². The maximum atomic E-state index is 9.80. The smallest absolute Gasteiger partial charge is 0.187 e. The molecule has 2 aliphatic rings. The van der Waals surface area contributed by atoms with E-state index in [9.17, 15) is 25.5 Å². The van der Waals surface area contributed by atoms with Crippen molar-refractivity contribution in [3.63, 3.8) is 0 Å². The van der Waals surface area contributed by atoms with Gasteiger partial charge in [-0.15, -0.1) is 0 Å². The lowest BCUT2D eigenvalue weighted by atomic mass is 9.99. The normalized spacial score (nSPS) is 51.3. The van der Waals surface area contributed by atoms with Crippen molar-refractivity contribution < 1.29 is 50.0 Å². The first kappa shape index (κ1) is 17.0. The zero-order valence-corrected chi connectivity index (χ0v) is 11.0. The van der Waals surface area contributed by atoms with Gasteiger partial charge in [-0.25, -0.2) is 0 Å². The van der Waals surface area contributed by atoms with Crippen LogP contribution < -0.4 is 0 Å². The van der Waals surface area contributed by atoms with Crippen LogP contribution in [0.25, 0.3) is 0 Å². The molecule has 0 spiro atoms. The predicted molar refractivity (Wildman–Crippen MR) is 62.6 cm³/mol. The number of aliphatic hydroxyl groups is 7. The van der Waals surface area contributed by atoms with Crippen LogP contribution in [0.5, 0.6) is 0 Å². The van der Waals surface area contributed by atoms with Gasteiger partial charge >= 0.3 is 0 Å². The second-order valence-corrected chi connectivity index (χ2v) is 5.04. The van der Waals surface area contributed by atoms with Gasteiger partial charge in [-0.1, -0.05) is 0 Å². The number of rotatable bonds is 4. The van der Waals surface area contributed by atoms with E-state index >= 15 is 0 Å². The minimum atomic E-state index is -1.65. The summed E-state index contributed by atoms with van der Waals surface area (Å²) >= 11 is 0. The molecule has 0 aromatic heterocycles. The van der Waals surface area contributed by atoms with E-state index in [1.807, 2.05) is 0 Å². The van der Waals surface area contributed by atoms with Crippen molar-refractivity contribution >= 4 is 0 Å². The molecule has 10 heteroatoms. The van der Waals surface area contributed by atoms with Gasteiger partial charge in [0.25, 0.3) is 0 Å². The van der Waals surface area contributed by atoms with E-state index < -0.39 is 68.5 Å². The number of hydrogen-bond acceptors (Lipinski definition) is 10. The highest BCUT2D eigenvalue weighted by molar-refractivity contribution is 4.92. The molecule has 0 saturated carbocycles. The number of ether oxygens (including phenoxy) is 3. The fraction of sp³-hybridized carbons (Fsp3) is 1.00. The standard InChI is InChI=1S/C11H20O10/c12-1-3-5(14)6(15)7(16)11(20-3)21-9-4(2-13)19-10(18)8(9)17/h3-18H,1-2H2/t3-,4-,5+,6+,7-,8+,9-,10?,11+/m1/s1. The van der Waals surface area contributed by atoms with Gasteiger partial charge in [0.2, 0.25) is 0 Å². The fourth-order valence-electron chi connectivity index (χ4n) is 2.37. The summed E-state index contributed by atoms with van der Waals surface area (Å²) in [4.78, 5) is 0. The van der Waals surface area contributed by atoms with Crippen LogP contribution in [-0.4, -0.2) is 104 Å². The molecule has 2 fully saturated rings. The molecule has 124 valence electrons. The molecule has 2 saturated heterocycles. The Hall–Kier alpha value is -0.400. The Morgan fingerprint density at radius 1 is 0.714 bits per heavy atom. The molecule has 2 heterocycles. The van der Waals surface area contributed by atoms with E-state index in [-0.39, 0.29) is 0 Å². The lowest BCUT2D eigenvalue weighted by Gasteiger charge is -2.41. The molecular formula is C11H20O10. The topological polar surface area (TPSA) is 169 Å². The van der Waals surface area contributed by atoms with Crippen molar-refractivity contribution in [3.05, 3.63) is 0 Å². The van der Waals surface area contributed by atoms with Crippen molar-refractivity contribution in [2.45, 2.75) is 55.3 Å². The Balaban J connectivity index is 2.07. The first-order valence-corrected chi connectivity index (χ1v) is 6.49. The maximum Gasteiger partial charge on any atom is 0.187 e. The van der Waals surface area contributed by atoms with E-state index in [0.717, 1.165) is 0 Å². The molecule has 0 aromatic rings. The highest BCUT2D eigenvalue weighted by atomic mass is 16.7. The van der Waals surface area contributed by atoms with Crippen molar-refractivity contribution in [2.75, 3.05) is 13.2 Å². The Morgan fingerprint density at radius 2 is 1.33 bits per heavy atom. The highest BCUT2D eigenvalue weighted by Crippen LogP contribution is 2.28. The Labute approximate surface area is 119 Å². The van der Waals surface area contributed by atoms with Crippen LogP contribution in [0.3, 0.4) is 0 Å². The van der Waals surface area contributed by atoms with Gasteiger partial charge in [-0.05, 0) is 0 Å². The molecule has 1 unspecified atom stereocenters. The maximum absolute atomic E-state index is 9.80. The highest BCUT2D eigenvalue weighted by Gasteiger charge is 2.49. The molecule has 2 aliphatic heterocycles. The minimum absolute atomic E-state index is 0.559. The summed E-state index contributed by atoms with van der Waals surface area (Å²) in [6.07, 6.45) is -12.8. The monoisotopic (exact) mass is 312 g/mol. The van der Waals surface area contributed by atoms with E-state index in [1.165, 1.54) is 0 Å². The molecular weight excluding hydrogens is 292 g/mol. The lowest BCUT2D eigenvalue weighted by Crippen LogP contribution is -2.60. The van der Waals surface area contributed by atoms with Crippen LogP contribution in [0.4, 0.5) is 0 Å². The van der Waals surface area contributed by atoms with Gasteiger partial charge in [-0.3, -0.25) is 0 Å². The third-order valence-electron chi connectivity index (χ3n) is 3.63. The Kier molecular flexibility index (Phi) is 5.48. The molecule has 10 nitrogen and oxygen atoms in total. The summed E-state index contributed by atoms with van der Waals surface area (Å²) < 4.78 is 15.2. The number of aliphatic hydroxyl groups excluding tert-OH is 7. The molecule has 7 N–H and O–H groups in total. The number of hydrogen-bond donors (Lipinski definition) is 7. The Bertz CT molecular complexity index is 339. The lowest BCUT2D eigenvalue weighted by molar-refractivity contribution is -0.318. The van der Waals surface area contributed by atoms with E-state index in [2.05, 4.69) is 0 Å². The van der Waals surface area contributed by atoms with E-state index in [4.69, 9.17) is 24.4 Å². The summed E-state index contributed by atoms with van der Waals surface area (Å²) in [5, 5.41) is 66.3. The third kappa shape index (κ3) is 3.19. The van der Waals surface area contributed by atoms with Crippen molar-refractivity contribution in [2.24, 2.45) is 0 Å². The Morgan fingerprint density at radius 3 is 1.90 bits per heavy atom. The second-order valence-electron chi connectivity index (χ2n) is 5.04. The first-order valence-electron chi connectivity index (χ1n) is 6.49. The van der Waals surface area contributed by atoms with E-state index in [1.54, 1.807) is 0 Å². The van der Waals surface area contributed by atoms with E-state index in [0.29, 0.717) is 0 Å². The molecule has 0 amide bonds. The van der Waals surface area contributed by atoms with Gasteiger partial charge in [0, 0.05) is 0 Å². The van der Waals surface area contributed by atoms with Crippen LogP contribution in [0.2, 0.25) is 0 Å². The quantitative estimate of drug-likeness (QED) is 0.267. The average molecular weight is 312 g/mol. The van der Waals surface area contributed by atoms with Gasteiger partial charge in [-0.2, -0.15) is 0 Å². The van der Waals surface area contributed by atoms with Gasteiger partial charge in [0.1, 0.15) is 42.7 Å². The summed E-state index contributed by atoms with van der Waals surface area (Å²) in [6, 6.07) is 0.